The number of aromatic nitrogens is 2. The van der Waals surface area contributed by atoms with Crippen LogP contribution in [0.5, 0.6) is 11.5 Å². The van der Waals surface area contributed by atoms with Gasteiger partial charge in [0, 0.05) is 50.5 Å². The SMILES string of the molecule is CNC(=O)c1c(C)oc2cc(Oc3ccnn4cc(C(=O)N5CCCOCC5)c(C)c34)ccc12. The van der Waals surface area contributed by atoms with E-state index in [4.69, 9.17) is 13.9 Å². The number of hydrogen-bond acceptors (Lipinski definition) is 6. The Bertz CT molecular complexity index is 1400. The minimum absolute atomic E-state index is 0.0336. The third-order valence-corrected chi connectivity index (χ3v) is 6.15. The number of carbonyl (C=O) groups is 2. The van der Waals surface area contributed by atoms with Crippen LogP contribution >= 0.6 is 0 Å². The van der Waals surface area contributed by atoms with Crippen molar-refractivity contribution in [3.8, 4) is 11.5 Å². The number of ether oxygens (including phenoxy) is 2. The third kappa shape index (κ3) is 3.77. The van der Waals surface area contributed by atoms with Gasteiger partial charge in [-0.05, 0) is 38.0 Å². The van der Waals surface area contributed by atoms with E-state index in [2.05, 4.69) is 10.4 Å². The Morgan fingerprint density at radius 1 is 1.15 bits per heavy atom. The van der Waals surface area contributed by atoms with Crippen LogP contribution in [-0.4, -0.2) is 59.7 Å². The number of amides is 2. The molecule has 4 heterocycles. The molecule has 3 aromatic heterocycles. The molecule has 176 valence electrons. The van der Waals surface area contributed by atoms with E-state index < -0.39 is 0 Å². The van der Waals surface area contributed by atoms with Crippen LogP contribution in [0.1, 0.15) is 38.5 Å². The van der Waals surface area contributed by atoms with Gasteiger partial charge in [0.1, 0.15) is 22.6 Å². The minimum atomic E-state index is -0.197. The molecule has 0 aliphatic carbocycles. The quantitative estimate of drug-likeness (QED) is 0.497. The number of nitrogens with one attached hydrogen (secondary N) is 1. The van der Waals surface area contributed by atoms with E-state index in [1.165, 1.54) is 0 Å². The second-order valence-electron chi connectivity index (χ2n) is 8.29. The first kappa shape index (κ1) is 22.0. The fourth-order valence-corrected chi connectivity index (χ4v) is 4.44. The first-order chi connectivity index (χ1) is 16.5. The minimum Gasteiger partial charge on any atom is -0.460 e. The summed E-state index contributed by atoms with van der Waals surface area (Å²) in [6, 6.07) is 7.13. The van der Waals surface area contributed by atoms with Crippen molar-refractivity contribution in [2.75, 3.05) is 33.4 Å². The van der Waals surface area contributed by atoms with E-state index in [-0.39, 0.29) is 11.8 Å². The van der Waals surface area contributed by atoms with Crippen molar-refractivity contribution in [1.82, 2.24) is 19.8 Å². The van der Waals surface area contributed by atoms with Gasteiger partial charge < -0.3 is 24.1 Å². The molecule has 0 saturated carbocycles. The fourth-order valence-electron chi connectivity index (χ4n) is 4.44. The first-order valence-corrected chi connectivity index (χ1v) is 11.2. The van der Waals surface area contributed by atoms with Crippen LogP contribution in [-0.2, 0) is 4.74 Å². The van der Waals surface area contributed by atoms with E-state index in [1.54, 1.807) is 49.1 Å². The van der Waals surface area contributed by atoms with Crippen molar-refractivity contribution in [1.29, 1.82) is 0 Å². The zero-order valence-corrected chi connectivity index (χ0v) is 19.4. The van der Waals surface area contributed by atoms with Crippen LogP contribution in [0.15, 0.2) is 41.1 Å². The maximum atomic E-state index is 13.2. The normalized spacial score (nSPS) is 14.4. The summed E-state index contributed by atoms with van der Waals surface area (Å²) >= 11 is 0. The van der Waals surface area contributed by atoms with Crippen molar-refractivity contribution in [3.63, 3.8) is 0 Å². The molecular weight excluding hydrogens is 436 g/mol. The summed E-state index contributed by atoms with van der Waals surface area (Å²) in [6.07, 6.45) is 4.20. The van der Waals surface area contributed by atoms with Gasteiger partial charge in [0.2, 0.25) is 0 Å². The van der Waals surface area contributed by atoms with Crippen LogP contribution in [0.2, 0.25) is 0 Å². The Hall–Kier alpha value is -3.85. The van der Waals surface area contributed by atoms with Gasteiger partial charge in [-0.15, -0.1) is 0 Å². The first-order valence-electron chi connectivity index (χ1n) is 11.2. The number of nitrogens with zero attached hydrogens (tertiary/aromatic N) is 3. The summed E-state index contributed by atoms with van der Waals surface area (Å²) in [4.78, 5) is 27.3. The lowest BCUT2D eigenvalue weighted by Gasteiger charge is -2.19. The molecule has 5 rings (SSSR count). The highest BCUT2D eigenvalue weighted by molar-refractivity contribution is 6.07. The predicted octanol–water partition coefficient (Wildman–Crippen LogP) is 3.71. The van der Waals surface area contributed by atoms with E-state index in [0.717, 1.165) is 22.9 Å². The van der Waals surface area contributed by atoms with Gasteiger partial charge >= 0.3 is 0 Å². The van der Waals surface area contributed by atoms with Crippen LogP contribution < -0.4 is 10.1 Å². The van der Waals surface area contributed by atoms with Gasteiger partial charge in [-0.3, -0.25) is 9.59 Å². The number of fused-ring (bicyclic) bond motifs is 2. The van der Waals surface area contributed by atoms with Crippen molar-refractivity contribution < 1.29 is 23.5 Å². The molecule has 1 aliphatic rings. The van der Waals surface area contributed by atoms with Crippen molar-refractivity contribution in [2.45, 2.75) is 20.3 Å². The lowest BCUT2D eigenvalue weighted by atomic mass is 10.1. The summed E-state index contributed by atoms with van der Waals surface area (Å²) in [6.45, 7) is 6.12. The monoisotopic (exact) mass is 462 g/mol. The largest absolute Gasteiger partial charge is 0.460 e. The van der Waals surface area contributed by atoms with E-state index in [0.29, 0.717) is 60.3 Å². The number of rotatable bonds is 4. The molecule has 34 heavy (non-hydrogen) atoms. The van der Waals surface area contributed by atoms with Crippen molar-refractivity contribution in [3.05, 3.63) is 59.1 Å². The van der Waals surface area contributed by atoms with Crippen molar-refractivity contribution >= 4 is 28.3 Å². The maximum Gasteiger partial charge on any atom is 0.255 e. The number of hydrogen-bond donors (Lipinski definition) is 1. The number of furan rings is 1. The Balaban J connectivity index is 1.49. The Morgan fingerprint density at radius 2 is 2.00 bits per heavy atom. The molecule has 2 amide bonds. The molecule has 1 aliphatic heterocycles. The summed E-state index contributed by atoms with van der Waals surface area (Å²) in [5.41, 5.74) is 3.19. The highest BCUT2D eigenvalue weighted by Gasteiger charge is 2.24. The van der Waals surface area contributed by atoms with Gasteiger partial charge in [0.05, 0.1) is 23.9 Å². The van der Waals surface area contributed by atoms with Gasteiger partial charge in [-0.1, -0.05) is 0 Å². The number of carbonyl (C=O) groups excluding carboxylic acids is 2. The van der Waals surface area contributed by atoms with Gasteiger partial charge in [-0.25, -0.2) is 4.52 Å². The summed E-state index contributed by atoms with van der Waals surface area (Å²) < 4.78 is 19.2. The molecule has 0 spiro atoms. The molecule has 1 saturated heterocycles. The van der Waals surface area contributed by atoms with Gasteiger partial charge in [0.25, 0.3) is 11.8 Å². The second kappa shape index (κ2) is 8.83. The van der Waals surface area contributed by atoms with E-state index in [1.807, 2.05) is 17.9 Å². The molecule has 1 fully saturated rings. The highest BCUT2D eigenvalue weighted by Crippen LogP contribution is 2.34. The Labute approximate surface area is 196 Å². The summed E-state index contributed by atoms with van der Waals surface area (Å²) in [5, 5.41) is 7.74. The average molecular weight is 463 g/mol. The van der Waals surface area contributed by atoms with E-state index >= 15 is 0 Å². The number of benzene rings is 1. The zero-order chi connectivity index (χ0) is 23.8. The van der Waals surface area contributed by atoms with Crippen LogP contribution in [0.25, 0.3) is 16.5 Å². The highest BCUT2D eigenvalue weighted by atomic mass is 16.5. The van der Waals surface area contributed by atoms with E-state index in [9.17, 15) is 9.59 Å². The van der Waals surface area contributed by atoms with Crippen LogP contribution in [0, 0.1) is 13.8 Å². The Morgan fingerprint density at radius 3 is 2.82 bits per heavy atom. The molecule has 4 aromatic rings. The predicted molar refractivity (Wildman–Crippen MR) is 126 cm³/mol. The molecule has 1 N–H and O–H groups in total. The molecule has 0 radical (unpaired) electrons. The summed E-state index contributed by atoms with van der Waals surface area (Å²) in [5.74, 6) is 1.43. The standard InChI is InChI=1S/C25H26N4O5/c1-15-19(25(31)28-9-4-11-32-12-10-28)14-29-23(15)20(7-8-27-29)34-17-5-6-18-21(13-17)33-16(2)22(18)24(30)26-3/h5-8,13-14H,4,9-12H2,1-3H3,(H,26,30). The topological polar surface area (TPSA) is 98.3 Å². The van der Waals surface area contributed by atoms with Gasteiger partial charge in [0.15, 0.2) is 5.75 Å². The number of aryl methyl sites for hydroxylation is 2. The molecule has 9 nitrogen and oxygen atoms in total. The van der Waals surface area contributed by atoms with Crippen molar-refractivity contribution in [2.24, 2.45) is 0 Å². The molecule has 9 heteroatoms. The fraction of sp³-hybridized carbons (Fsp3) is 0.320. The van der Waals surface area contributed by atoms with Crippen LogP contribution in [0.3, 0.4) is 0 Å². The molecule has 0 bridgehead atoms. The summed E-state index contributed by atoms with van der Waals surface area (Å²) in [7, 11) is 1.59. The molecular formula is C25H26N4O5. The molecule has 0 unspecified atom stereocenters. The smallest absolute Gasteiger partial charge is 0.255 e. The average Bonchev–Trinajstić information content (AvgIpc) is 3.19. The lowest BCUT2D eigenvalue weighted by molar-refractivity contribution is 0.0740. The third-order valence-electron chi connectivity index (χ3n) is 6.15. The maximum absolute atomic E-state index is 13.2. The Kier molecular flexibility index (Phi) is 5.70. The molecule has 0 atom stereocenters. The molecule has 1 aromatic carbocycles. The zero-order valence-electron chi connectivity index (χ0n) is 19.4. The van der Waals surface area contributed by atoms with Gasteiger partial charge in [-0.2, -0.15) is 5.10 Å². The second-order valence-corrected chi connectivity index (χ2v) is 8.29. The lowest BCUT2D eigenvalue weighted by Crippen LogP contribution is -2.33. The van der Waals surface area contributed by atoms with Crippen LogP contribution in [0.4, 0.5) is 0 Å².